The van der Waals surface area contributed by atoms with Crippen LogP contribution >= 0.6 is 11.6 Å². The van der Waals surface area contributed by atoms with Crippen LogP contribution in [0.1, 0.15) is 5.69 Å². The monoisotopic (exact) mass is 240 g/mol. The summed E-state index contributed by atoms with van der Waals surface area (Å²) in [5.74, 6) is -0.356. The van der Waals surface area contributed by atoms with Crippen molar-refractivity contribution in [1.29, 1.82) is 0 Å². The molecule has 0 radical (unpaired) electrons. The fraction of sp³-hybridized carbons (Fsp3) is 0.200. The van der Waals surface area contributed by atoms with Gasteiger partial charge in [-0.1, -0.05) is 16.8 Å². The van der Waals surface area contributed by atoms with Crippen LogP contribution in [0.3, 0.4) is 0 Å². The summed E-state index contributed by atoms with van der Waals surface area (Å²) in [6, 6.07) is 4.13. The van der Waals surface area contributed by atoms with E-state index in [0.29, 0.717) is 17.3 Å². The molecule has 1 aromatic carbocycles. The van der Waals surface area contributed by atoms with E-state index in [0.717, 1.165) is 5.69 Å². The zero-order valence-corrected chi connectivity index (χ0v) is 9.37. The topological polar surface area (TPSA) is 42.7 Å². The molecule has 84 valence electrons. The van der Waals surface area contributed by atoms with E-state index in [1.165, 1.54) is 22.9 Å². The third-order valence-corrected chi connectivity index (χ3v) is 2.43. The van der Waals surface area contributed by atoms with Crippen molar-refractivity contribution in [3.05, 3.63) is 40.9 Å². The summed E-state index contributed by atoms with van der Waals surface area (Å²) in [6.07, 6.45) is 1.61. The van der Waals surface area contributed by atoms with Gasteiger partial charge in [0, 0.05) is 12.6 Å². The summed E-state index contributed by atoms with van der Waals surface area (Å²) in [6.45, 7) is 0.583. The standard InChI is InChI=1S/C10H10ClFN4/c1-13-5-8-6-14-15-16(8)10-4-7(12)2-3-9(10)11/h2-4,6,13H,5H2,1H3. The molecular formula is C10H10ClFN4. The van der Waals surface area contributed by atoms with E-state index in [2.05, 4.69) is 15.6 Å². The SMILES string of the molecule is CNCc1cnnn1-c1cc(F)ccc1Cl. The van der Waals surface area contributed by atoms with Crippen LogP contribution in [0.4, 0.5) is 4.39 Å². The maximum Gasteiger partial charge on any atom is 0.125 e. The molecule has 2 rings (SSSR count). The molecule has 0 saturated carbocycles. The normalized spacial score (nSPS) is 10.7. The number of aromatic nitrogens is 3. The van der Waals surface area contributed by atoms with Crippen molar-refractivity contribution in [3.63, 3.8) is 0 Å². The van der Waals surface area contributed by atoms with Gasteiger partial charge in [0.15, 0.2) is 0 Å². The highest BCUT2D eigenvalue weighted by Gasteiger charge is 2.09. The lowest BCUT2D eigenvalue weighted by molar-refractivity contribution is 0.623. The summed E-state index contributed by atoms with van der Waals surface area (Å²) < 4.78 is 14.6. The Labute approximate surface area is 97.0 Å². The predicted molar refractivity (Wildman–Crippen MR) is 59.1 cm³/mol. The highest BCUT2D eigenvalue weighted by molar-refractivity contribution is 6.32. The van der Waals surface area contributed by atoms with Crippen molar-refractivity contribution in [1.82, 2.24) is 20.3 Å². The maximum atomic E-state index is 13.1. The van der Waals surface area contributed by atoms with E-state index in [1.807, 2.05) is 7.05 Å². The van der Waals surface area contributed by atoms with Crippen molar-refractivity contribution in [2.45, 2.75) is 6.54 Å². The molecule has 0 fully saturated rings. The average molecular weight is 241 g/mol. The molecule has 0 amide bonds. The van der Waals surface area contributed by atoms with Gasteiger partial charge in [-0.05, 0) is 19.2 Å². The molecule has 0 spiro atoms. The smallest absolute Gasteiger partial charge is 0.125 e. The third-order valence-electron chi connectivity index (χ3n) is 2.11. The van der Waals surface area contributed by atoms with E-state index in [-0.39, 0.29) is 5.82 Å². The van der Waals surface area contributed by atoms with Crippen LogP contribution in [0, 0.1) is 5.82 Å². The number of nitrogens with one attached hydrogen (secondary N) is 1. The first-order valence-electron chi connectivity index (χ1n) is 4.72. The number of rotatable bonds is 3. The summed E-state index contributed by atoms with van der Waals surface area (Å²) in [5, 5.41) is 11.1. The highest BCUT2D eigenvalue weighted by Crippen LogP contribution is 2.21. The molecule has 2 aromatic rings. The fourth-order valence-electron chi connectivity index (χ4n) is 1.41. The van der Waals surface area contributed by atoms with Gasteiger partial charge < -0.3 is 5.32 Å². The molecule has 6 heteroatoms. The Morgan fingerprint density at radius 1 is 1.50 bits per heavy atom. The number of hydrogen-bond acceptors (Lipinski definition) is 3. The molecule has 1 aromatic heterocycles. The van der Waals surface area contributed by atoms with Gasteiger partial charge in [0.1, 0.15) is 5.82 Å². The number of nitrogens with zero attached hydrogens (tertiary/aromatic N) is 3. The molecule has 1 heterocycles. The van der Waals surface area contributed by atoms with Crippen LogP contribution in [-0.4, -0.2) is 22.0 Å². The van der Waals surface area contributed by atoms with Crippen LogP contribution in [0.2, 0.25) is 5.02 Å². The van der Waals surface area contributed by atoms with E-state index in [9.17, 15) is 4.39 Å². The van der Waals surface area contributed by atoms with Crippen LogP contribution in [0.15, 0.2) is 24.4 Å². The Bertz CT molecular complexity index is 497. The Kier molecular flexibility index (Phi) is 3.17. The summed E-state index contributed by atoms with van der Waals surface area (Å²) >= 11 is 5.98. The zero-order chi connectivity index (χ0) is 11.5. The van der Waals surface area contributed by atoms with Gasteiger partial charge in [-0.25, -0.2) is 9.07 Å². The second kappa shape index (κ2) is 4.59. The molecular weight excluding hydrogens is 231 g/mol. The van der Waals surface area contributed by atoms with Gasteiger partial charge in [0.05, 0.1) is 22.6 Å². The van der Waals surface area contributed by atoms with E-state index in [1.54, 1.807) is 6.20 Å². The van der Waals surface area contributed by atoms with Gasteiger partial charge in [-0.15, -0.1) is 5.10 Å². The summed E-state index contributed by atoms with van der Waals surface area (Å²) in [4.78, 5) is 0. The number of hydrogen-bond donors (Lipinski definition) is 1. The van der Waals surface area contributed by atoms with Gasteiger partial charge >= 0.3 is 0 Å². The second-order valence-electron chi connectivity index (χ2n) is 3.26. The van der Waals surface area contributed by atoms with E-state index >= 15 is 0 Å². The van der Waals surface area contributed by atoms with Gasteiger partial charge in [-0.3, -0.25) is 0 Å². The minimum Gasteiger partial charge on any atom is -0.314 e. The summed E-state index contributed by atoms with van der Waals surface area (Å²) in [5.41, 5.74) is 1.31. The summed E-state index contributed by atoms with van der Waals surface area (Å²) in [7, 11) is 1.81. The molecule has 0 aliphatic carbocycles. The van der Waals surface area contributed by atoms with Crippen molar-refractivity contribution >= 4 is 11.6 Å². The fourth-order valence-corrected chi connectivity index (χ4v) is 1.61. The Balaban J connectivity index is 2.49. The first-order valence-corrected chi connectivity index (χ1v) is 5.10. The Morgan fingerprint density at radius 3 is 3.06 bits per heavy atom. The quantitative estimate of drug-likeness (QED) is 0.889. The second-order valence-corrected chi connectivity index (χ2v) is 3.67. The van der Waals surface area contributed by atoms with Gasteiger partial charge in [0.25, 0.3) is 0 Å². The Morgan fingerprint density at radius 2 is 2.31 bits per heavy atom. The molecule has 0 aliphatic rings. The van der Waals surface area contributed by atoms with Crippen molar-refractivity contribution in [3.8, 4) is 5.69 Å². The average Bonchev–Trinajstić information content (AvgIpc) is 2.70. The van der Waals surface area contributed by atoms with Crippen LogP contribution < -0.4 is 5.32 Å². The molecule has 0 bridgehead atoms. The molecule has 0 aliphatic heterocycles. The van der Waals surface area contributed by atoms with Crippen LogP contribution in [0.25, 0.3) is 5.69 Å². The largest absolute Gasteiger partial charge is 0.314 e. The minimum absolute atomic E-state index is 0.356. The third kappa shape index (κ3) is 2.05. The lowest BCUT2D eigenvalue weighted by Crippen LogP contribution is -2.11. The Hall–Kier alpha value is -1.46. The van der Waals surface area contributed by atoms with Crippen molar-refractivity contribution in [2.75, 3.05) is 7.05 Å². The highest BCUT2D eigenvalue weighted by atomic mass is 35.5. The zero-order valence-electron chi connectivity index (χ0n) is 8.61. The minimum atomic E-state index is -0.356. The lowest BCUT2D eigenvalue weighted by atomic mass is 10.3. The van der Waals surface area contributed by atoms with Crippen LogP contribution in [-0.2, 0) is 6.54 Å². The predicted octanol–water partition coefficient (Wildman–Crippen LogP) is 1.78. The first-order chi connectivity index (χ1) is 7.72. The van der Waals surface area contributed by atoms with Crippen LogP contribution in [0.5, 0.6) is 0 Å². The molecule has 0 unspecified atom stereocenters. The first kappa shape index (κ1) is 11.0. The maximum absolute atomic E-state index is 13.1. The molecule has 0 saturated heterocycles. The lowest BCUT2D eigenvalue weighted by Gasteiger charge is -2.07. The van der Waals surface area contributed by atoms with E-state index in [4.69, 9.17) is 11.6 Å². The van der Waals surface area contributed by atoms with Crippen molar-refractivity contribution < 1.29 is 4.39 Å². The van der Waals surface area contributed by atoms with Gasteiger partial charge in [0.2, 0.25) is 0 Å². The number of benzene rings is 1. The molecule has 4 nitrogen and oxygen atoms in total. The van der Waals surface area contributed by atoms with E-state index < -0.39 is 0 Å². The van der Waals surface area contributed by atoms with Crippen molar-refractivity contribution in [2.24, 2.45) is 0 Å². The molecule has 16 heavy (non-hydrogen) atoms. The molecule has 1 N–H and O–H groups in total. The van der Waals surface area contributed by atoms with Gasteiger partial charge in [-0.2, -0.15) is 0 Å². The molecule has 0 atom stereocenters. The number of halogens is 2.